The lowest BCUT2D eigenvalue weighted by atomic mass is 9.97. The Kier molecular flexibility index (Phi) is 7.33. The van der Waals surface area contributed by atoms with Gasteiger partial charge >= 0.3 is 0 Å². The summed E-state index contributed by atoms with van der Waals surface area (Å²) in [5.74, 6) is 2.03. The number of methoxy groups -OCH3 is 1. The Balaban J connectivity index is 1.77. The van der Waals surface area contributed by atoms with E-state index in [1.165, 1.54) is 5.56 Å². The fraction of sp³-hybridized carbons (Fsp3) is 0.381. The first-order chi connectivity index (χ1) is 12.1. The largest absolute Gasteiger partial charge is 0.497 e. The zero-order chi connectivity index (χ0) is 18.1. The molecular formula is C21H27NO3. The van der Waals surface area contributed by atoms with Crippen molar-refractivity contribution in [3.63, 3.8) is 0 Å². The molecule has 0 aromatic heterocycles. The maximum absolute atomic E-state index is 12.2. The fourth-order valence-corrected chi connectivity index (χ4v) is 2.57. The average molecular weight is 341 g/mol. The van der Waals surface area contributed by atoms with Crippen molar-refractivity contribution in [1.82, 2.24) is 0 Å². The molecule has 0 aliphatic heterocycles. The van der Waals surface area contributed by atoms with E-state index in [1.807, 2.05) is 42.5 Å². The van der Waals surface area contributed by atoms with Crippen LogP contribution in [-0.2, 0) is 4.79 Å². The van der Waals surface area contributed by atoms with E-state index in [0.717, 1.165) is 23.6 Å². The lowest BCUT2D eigenvalue weighted by Crippen LogP contribution is -2.14. The second kappa shape index (κ2) is 9.72. The molecule has 1 amide bonds. The number of hydrogen-bond acceptors (Lipinski definition) is 3. The van der Waals surface area contributed by atoms with Crippen LogP contribution in [0.4, 0.5) is 5.69 Å². The van der Waals surface area contributed by atoms with Gasteiger partial charge in [0.1, 0.15) is 11.5 Å². The van der Waals surface area contributed by atoms with Gasteiger partial charge in [-0.15, -0.1) is 0 Å². The summed E-state index contributed by atoms with van der Waals surface area (Å²) in [6.45, 7) is 4.83. The van der Waals surface area contributed by atoms with E-state index in [-0.39, 0.29) is 5.91 Å². The maximum Gasteiger partial charge on any atom is 0.224 e. The number of rotatable bonds is 9. The zero-order valence-electron chi connectivity index (χ0n) is 15.2. The predicted molar refractivity (Wildman–Crippen MR) is 102 cm³/mol. The van der Waals surface area contributed by atoms with Crippen LogP contribution in [0.25, 0.3) is 0 Å². The number of hydrogen-bond donors (Lipinski definition) is 1. The van der Waals surface area contributed by atoms with Gasteiger partial charge in [0.15, 0.2) is 0 Å². The summed E-state index contributed by atoms with van der Waals surface area (Å²) in [6.07, 6.45) is 2.15. The van der Waals surface area contributed by atoms with E-state index >= 15 is 0 Å². The van der Waals surface area contributed by atoms with E-state index in [2.05, 4.69) is 25.2 Å². The van der Waals surface area contributed by atoms with Crippen molar-refractivity contribution < 1.29 is 14.3 Å². The molecule has 0 saturated carbocycles. The first kappa shape index (κ1) is 18.8. The molecule has 0 fully saturated rings. The molecule has 0 aliphatic carbocycles. The van der Waals surface area contributed by atoms with Crippen molar-refractivity contribution in [2.75, 3.05) is 19.0 Å². The number of carbonyl (C=O) groups is 1. The third-order valence-corrected chi connectivity index (χ3v) is 4.25. The van der Waals surface area contributed by atoms with Gasteiger partial charge in [-0.25, -0.2) is 0 Å². The molecule has 0 bridgehead atoms. The standard InChI is InChI=1S/C21H27NO3/c1-4-16(2)19-8-5-6-9-20(19)22-21(23)10-7-15-25-18-13-11-17(24-3)12-14-18/h5-6,8-9,11-14,16H,4,7,10,15H2,1-3H3,(H,22,23)/t16-/m1/s1. The monoisotopic (exact) mass is 341 g/mol. The lowest BCUT2D eigenvalue weighted by Gasteiger charge is -2.15. The minimum atomic E-state index is 0.0223. The smallest absolute Gasteiger partial charge is 0.224 e. The normalized spacial score (nSPS) is 11.6. The Morgan fingerprint density at radius 1 is 1.08 bits per heavy atom. The summed E-state index contributed by atoms with van der Waals surface area (Å²) in [6, 6.07) is 15.4. The van der Waals surface area contributed by atoms with Crippen molar-refractivity contribution in [1.29, 1.82) is 0 Å². The molecule has 25 heavy (non-hydrogen) atoms. The van der Waals surface area contributed by atoms with Gasteiger partial charge < -0.3 is 14.8 Å². The SMILES string of the molecule is CC[C@@H](C)c1ccccc1NC(=O)CCCOc1ccc(OC)cc1. The van der Waals surface area contributed by atoms with Gasteiger partial charge in [0.25, 0.3) is 0 Å². The molecule has 0 radical (unpaired) electrons. The molecule has 0 aliphatic rings. The molecule has 134 valence electrons. The van der Waals surface area contributed by atoms with Gasteiger partial charge in [-0.3, -0.25) is 4.79 Å². The van der Waals surface area contributed by atoms with Gasteiger partial charge in [-0.05, 0) is 54.7 Å². The van der Waals surface area contributed by atoms with Gasteiger partial charge in [0, 0.05) is 12.1 Å². The third-order valence-electron chi connectivity index (χ3n) is 4.25. The highest BCUT2D eigenvalue weighted by Gasteiger charge is 2.10. The predicted octanol–water partition coefficient (Wildman–Crippen LogP) is 5.01. The summed E-state index contributed by atoms with van der Waals surface area (Å²) in [5.41, 5.74) is 2.10. The number of para-hydroxylation sites is 1. The van der Waals surface area contributed by atoms with E-state index in [0.29, 0.717) is 25.4 Å². The van der Waals surface area contributed by atoms with Crippen LogP contribution < -0.4 is 14.8 Å². The van der Waals surface area contributed by atoms with Crippen LogP contribution in [-0.4, -0.2) is 19.6 Å². The van der Waals surface area contributed by atoms with E-state index in [4.69, 9.17) is 9.47 Å². The van der Waals surface area contributed by atoms with Crippen LogP contribution in [0.2, 0.25) is 0 Å². The van der Waals surface area contributed by atoms with Crippen LogP contribution in [0, 0.1) is 0 Å². The molecule has 2 rings (SSSR count). The molecule has 2 aromatic carbocycles. The number of nitrogens with one attached hydrogen (secondary N) is 1. The first-order valence-electron chi connectivity index (χ1n) is 8.79. The summed E-state index contributed by atoms with van der Waals surface area (Å²) >= 11 is 0. The van der Waals surface area contributed by atoms with Crippen LogP contribution in [0.3, 0.4) is 0 Å². The van der Waals surface area contributed by atoms with Crippen molar-refractivity contribution in [3.05, 3.63) is 54.1 Å². The zero-order valence-corrected chi connectivity index (χ0v) is 15.2. The Morgan fingerprint density at radius 2 is 1.76 bits per heavy atom. The van der Waals surface area contributed by atoms with Crippen LogP contribution in [0.1, 0.15) is 44.6 Å². The highest BCUT2D eigenvalue weighted by atomic mass is 16.5. The second-order valence-electron chi connectivity index (χ2n) is 6.07. The molecular weight excluding hydrogens is 314 g/mol. The van der Waals surface area contributed by atoms with Crippen molar-refractivity contribution in [3.8, 4) is 11.5 Å². The number of carbonyl (C=O) groups excluding carboxylic acids is 1. The van der Waals surface area contributed by atoms with Crippen LogP contribution in [0.15, 0.2) is 48.5 Å². The molecule has 1 N–H and O–H groups in total. The highest BCUT2D eigenvalue weighted by Crippen LogP contribution is 2.26. The first-order valence-corrected chi connectivity index (χ1v) is 8.79. The molecule has 0 heterocycles. The van der Waals surface area contributed by atoms with E-state index < -0.39 is 0 Å². The van der Waals surface area contributed by atoms with Gasteiger partial charge in [-0.1, -0.05) is 32.0 Å². The Morgan fingerprint density at radius 3 is 2.44 bits per heavy atom. The van der Waals surface area contributed by atoms with Gasteiger partial charge in [0.2, 0.25) is 5.91 Å². The summed E-state index contributed by atoms with van der Waals surface area (Å²) in [7, 11) is 1.63. The Hall–Kier alpha value is -2.49. The fourth-order valence-electron chi connectivity index (χ4n) is 2.57. The quantitative estimate of drug-likeness (QED) is 0.652. The van der Waals surface area contributed by atoms with E-state index in [9.17, 15) is 4.79 Å². The molecule has 0 spiro atoms. The summed E-state index contributed by atoms with van der Waals surface area (Å²) in [5, 5.41) is 3.03. The van der Waals surface area contributed by atoms with Gasteiger partial charge in [-0.2, -0.15) is 0 Å². The number of amides is 1. The highest BCUT2D eigenvalue weighted by molar-refractivity contribution is 5.91. The molecule has 0 saturated heterocycles. The molecule has 1 atom stereocenters. The third kappa shape index (κ3) is 5.82. The number of benzene rings is 2. The lowest BCUT2D eigenvalue weighted by molar-refractivity contribution is -0.116. The minimum Gasteiger partial charge on any atom is -0.497 e. The van der Waals surface area contributed by atoms with Gasteiger partial charge in [0.05, 0.1) is 13.7 Å². The Labute approximate surface area is 150 Å². The second-order valence-corrected chi connectivity index (χ2v) is 6.07. The van der Waals surface area contributed by atoms with Crippen molar-refractivity contribution in [2.45, 2.75) is 39.0 Å². The molecule has 4 nitrogen and oxygen atoms in total. The topological polar surface area (TPSA) is 47.6 Å². The van der Waals surface area contributed by atoms with E-state index in [1.54, 1.807) is 7.11 Å². The van der Waals surface area contributed by atoms with Crippen LogP contribution >= 0.6 is 0 Å². The average Bonchev–Trinajstić information content (AvgIpc) is 2.65. The number of ether oxygens (including phenoxy) is 2. The molecule has 4 heteroatoms. The van der Waals surface area contributed by atoms with Crippen molar-refractivity contribution >= 4 is 11.6 Å². The molecule has 2 aromatic rings. The summed E-state index contributed by atoms with van der Waals surface area (Å²) < 4.78 is 10.8. The van der Waals surface area contributed by atoms with Crippen LogP contribution in [0.5, 0.6) is 11.5 Å². The maximum atomic E-state index is 12.2. The molecule has 0 unspecified atom stereocenters. The summed E-state index contributed by atoms with van der Waals surface area (Å²) in [4.78, 5) is 12.2. The number of anilines is 1. The van der Waals surface area contributed by atoms with Crippen molar-refractivity contribution in [2.24, 2.45) is 0 Å². The Bertz CT molecular complexity index is 667. The minimum absolute atomic E-state index is 0.0223.